The Balaban J connectivity index is 1.91. The third kappa shape index (κ3) is 5.38. The summed E-state index contributed by atoms with van der Waals surface area (Å²) in [7, 11) is 1.62. The molecule has 3 heteroatoms. The van der Waals surface area contributed by atoms with Gasteiger partial charge in [0.15, 0.2) is 0 Å². The Morgan fingerprint density at radius 2 is 1.67 bits per heavy atom. The topological polar surface area (TPSA) is 18.5 Å². The predicted octanol–water partition coefficient (Wildman–Crippen LogP) is 6.44. The van der Waals surface area contributed by atoms with E-state index < -0.39 is 0 Å². The van der Waals surface area contributed by atoms with E-state index in [-0.39, 0.29) is 0 Å². The molecule has 3 rings (SSSR count). The highest BCUT2D eigenvalue weighted by molar-refractivity contribution is 6.31. The molecule has 0 fully saturated rings. The van der Waals surface area contributed by atoms with E-state index in [4.69, 9.17) is 21.1 Å². The van der Waals surface area contributed by atoms with Crippen LogP contribution in [0.15, 0.2) is 73.0 Å². The van der Waals surface area contributed by atoms with Gasteiger partial charge in [-0.15, -0.1) is 0 Å². The van der Waals surface area contributed by atoms with Crippen LogP contribution in [0.1, 0.15) is 27.8 Å². The molecule has 0 aromatic heterocycles. The molecule has 0 amide bonds. The smallest absolute Gasteiger partial charge is 0.125 e. The van der Waals surface area contributed by atoms with Crippen LogP contribution in [0.4, 0.5) is 0 Å². The van der Waals surface area contributed by atoms with Crippen molar-refractivity contribution < 1.29 is 9.47 Å². The first kappa shape index (κ1) is 19.1. The Hall–Kier alpha value is -2.71. The standard InChI is InChI=1S/C24H23ClO2/c1-18-8-10-19(11-9-18)14-22-23(25)15-21(12-13-26-2)16-24(22)27-17-20-6-4-3-5-7-20/h3-13,15-16H,14,17H2,1-2H3. The van der Waals surface area contributed by atoms with Crippen LogP contribution in [-0.4, -0.2) is 7.11 Å². The maximum Gasteiger partial charge on any atom is 0.125 e. The molecule has 138 valence electrons. The molecule has 0 N–H and O–H groups in total. The number of rotatable bonds is 7. The van der Waals surface area contributed by atoms with Crippen molar-refractivity contribution in [3.05, 3.63) is 106 Å². The van der Waals surface area contributed by atoms with Gasteiger partial charge in [-0.05, 0) is 41.8 Å². The zero-order chi connectivity index (χ0) is 19.1. The van der Waals surface area contributed by atoms with Crippen molar-refractivity contribution in [2.75, 3.05) is 7.11 Å². The van der Waals surface area contributed by atoms with Crippen LogP contribution in [0.25, 0.3) is 6.08 Å². The molecule has 0 saturated carbocycles. The lowest BCUT2D eigenvalue weighted by Gasteiger charge is -2.15. The molecule has 0 heterocycles. The van der Waals surface area contributed by atoms with Gasteiger partial charge in [0.05, 0.1) is 13.4 Å². The second kappa shape index (κ2) is 9.29. The van der Waals surface area contributed by atoms with Crippen LogP contribution >= 0.6 is 11.6 Å². The van der Waals surface area contributed by atoms with Crippen molar-refractivity contribution in [3.63, 3.8) is 0 Å². The summed E-state index contributed by atoms with van der Waals surface area (Å²) in [6.07, 6.45) is 4.22. The molecule has 0 aliphatic carbocycles. The highest BCUT2D eigenvalue weighted by atomic mass is 35.5. The second-order valence-corrected chi connectivity index (χ2v) is 6.86. The van der Waals surface area contributed by atoms with Crippen LogP contribution in [-0.2, 0) is 17.8 Å². The number of ether oxygens (including phenoxy) is 2. The van der Waals surface area contributed by atoms with Crippen LogP contribution in [0, 0.1) is 6.92 Å². The van der Waals surface area contributed by atoms with Crippen molar-refractivity contribution in [2.45, 2.75) is 20.0 Å². The third-order valence-electron chi connectivity index (χ3n) is 4.31. The quantitative estimate of drug-likeness (QED) is 0.441. The molecular formula is C24H23ClO2. The van der Waals surface area contributed by atoms with Gasteiger partial charge in [-0.3, -0.25) is 0 Å². The van der Waals surface area contributed by atoms with Crippen molar-refractivity contribution in [2.24, 2.45) is 0 Å². The van der Waals surface area contributed by atoms with Crippen LogP contribution in [0.2, 0.25) is 5.02 Å². The van der Waals surface area contributed by atoms with E-state index in [0.717, 1.165) is 28.9 Å². The lowest BCUT2D eigenvalue weighted by molar-refractivity contribution is 0.303. The van der Waals surface area contributed by atoms with E-state index >= 15 is 0 Å². The number of methoxy groups -OCH3 is 1. The summed E-state index contributed by atoms with van der Waals surface area (Å²) in [5.74, 6) is 0.794. The van der Waals surface area contributed by atoms with Crippen molar-refractivity contribution in [1.82, 2.24) is 0 Å². The average molecular weight is 379 g/mol. The molecule has 27 heavy (non-hydrogen) atoms. The molecule has 0 saturated heterocycles. The van der Waals surface area contributed by atoms with E-state index in [1.165, 1.54) is 11.1 Å². The lowest BCUT2D eigenvalue weighted by atomic mass is 10.0. The number of hydrogen-bond acceptors (Lipinski definition) is 2. The van der Waals surface area contributed by atoms with E-state index in [1.807, 2.05) is 36.4 Å². The zero-order valence-corrected chi connectivity index (χ0v) is 16.4. The fraction of sp³-hybridized carbons (Fsp3) is 0.167. The summed E-state index contributed by atoms with van der Waals surface area (Å²) < 4.78 is 11.2. The number of halogens is 1. The summed E-state index contributed by atoms with van der Waals surface area (Å²) in [4.78, 5) is 0. The van der Waals surface area contributed by atoms with Gasteiger partial charge in [0.1, 0.15) is 12.4 Å². The monoisotopic (exact) mass is 378 g/mol. The Bertz CT molecular complexity index is 900. The van der Waals surface area contributed by atoms with Gasteiger partial charge in [0.25, 0.3) is 0 Å². The Kier molecular flexibility index (Phi) is 6.56. The number of hydrogen-bond donors (Lipinski definition) is 0. The summed E-state index contributed by atoms with van der Waals surface area (Å²) in [5.41, 5.74) is 5.49. The Labute approximate surface area is 166 Å². The van der Waals surface area contributed by atoms with Gasteiger partial charge in [-0.2, -0.15) is 0 Å². The highest BCUT2D eigenvalue weighted by Gasteiger charge is 2.12. The molecule has 3 aromatic carbocycles. The van der Waals surface area contributed by atoms with Crippen LogP contribution in [0.3, 0.4) is 0 Å². The molecule has 2 nitrogen and oxygen atoms in total. The van der Waals surface area contributed by atoms with E-state index in [1.54, 1.807) is 13.4 Å². The van der Waals surface area contributed by atoms with Gasteiger partial charge >= 0.3 is 0 Å². The first-order valence-electron chi connectivity index (χ1n) is 8.90. The fourth-order valence-corrected chi connectivity index (χ4v) is 3.11. The number of aryl methyl sites for hydroxylation is 1. The molecule has 0 unspecified atom stereocenters. The van der Waals surface area contributed by atoms with E-state index in [2.05, 4.69) is 43.3 Å². The van der Waals surface area contributed by atoms with Crippen molar-refractivity contribution in [3.8, 4) is 5.75 Å². The fourth-order valence-electron chi connectivity index (χ4n) is 2.82. The SMILES string of the molecule is COC=Cc1cc(Cl)c(Cc2ccc(C)cc2)c(OCc2ccccc2)c1. The minimum absolute atomic E-state index is 0.496. The molecule has 0 aliphatic rings. The minimum Gasteiger partial charge on any atom is -0.504 e. The average Bonchev–Trinajstić information content (AvgIpc) is 2.69. The summed E-state index contributed by atoms with van der Waals surface area (Å²) in [6.45, 7) is 2.58. The van der Waals surface area contributed by atoms with Gasteiger partial charge in [0, 0.05) is 17.0 Å². The first-order chi connectivity index (χ1) is 13.2. The summed E-state index contributed by atoms with van der Waals surface area (Å²) >= 11 is 6.62. The molecular weight excluding hydrogens is 356 g/mol. The first-order valence-corrected chi connectivity index (χ1v) is 9.27. The predicted molar refractivity (Wildman–Crippen MR) is 112 cm³/mol. The maximum atomic E-state index is 6.62. The number of benzene rings is 3. The largest absolute Gasteiger partial charge is 0.504 e. The van der Waals surface area contributed by atoms with Gasteiger partial charge in [0.2, 0.25) is 0 Å². The third-order valence-corrected chi connectivity index (χ3v) is 4.65. The molecule has 3 aromatic rings. The summed E-state index contributed by atoms with van der Waals surface area (Å²) in [5, 5.41) is 0.692. The van der Waals surface area contributed by atoms with E-state index in [0.29, 0.717) is 11.6 Å². The van der Waals surface area contributed by atoms with Crippen LogP contribution in [0.5, 0.6) is 5.75 Å². The highest BCUT2D eigenvalue weighted by Crippen LogP contribution is 2.32. The van der Waals surface area contributed by atoms with Gasteiger partial charge in [-0.25, -0.2) is 0 Å². The second-order valence-electron chi connectivity index (χ2n) is 6.45. The molecule has 0 aliphatic heterocycles. The molecule has 0 radical (unpaired) electrons. The molecule has 0 bridgehead atoms. The normalized spacial score (nSPS) is 10.9. The van der Waals surface area contributed by atoms with Crippen LogP contribution < -0.4 is 4.74 Å². The molecule has 0 spiro atoms. The minimum atomic E-state index is 0.496. The van der Waals surface area contributed by atoms with E-state index in [9.17, 15) is 0 Å². The molecule has 0 atom stereocenters. The maximum absolute atomic E-state index is 6.62. The van der Waals surface area contributed by atoms with Gasteiger partial charge in [-0.1, -0.05) is 71.8 Å². The Morgan fingerprint density at radius 1 is 0.926 bits per heavy atom. The summed E-state index contributed by atoms with van der Waals surface area (Å²) in [6, 6.07) is 22.6. The van der Waals surface area contributed by atoms with Crippen molar-refractivity contribution >= 4 is 17.7 Å². The van der Waals surface area contributed by atoms with Gasteiger partial charge < -0.3 is 9.47 Å². The Morgan fingerprint density at radius 3 is 2.37 bits per heavy atom. The lowest BCUT2D eigenvalue weighted by Crippen LogP contribution is -2.01. The van der Waals surface area contributed by atoms with Crippen molar-refractivity contribution in [1.29, 1.82) is 0 Å². The zero-order valence-electron chi connectivity index (χ0n) is 15.6.